The monoisotopic (exact) mass is 333 g/mol. The minimum absolute atomic E-state index is 0.383. The summed E-state index contributed by atoms with van der Waals surface area (Å²) >= 11 is 3.49. The van der Waals surface area contributed by atoms with Crippen molar-refractivity contribution in [3.05, 3.63) is 39.5 Å². The lowest BCUT2D eigenvalue weighted by molar-refractivity contribution is 0.0697. The Morgan fingerprint density at radius 2 is 2.30 bits per heavy atom. The Morgan fingerprint density at radius 1 is 1.50 bits per heavy atom. The first kappa shape index (κ1) is 13.6. The van der Waals surface area contributed by atoms with E-state index in [0.717, 1.165) is 52.3 Å². The molecule has 0 spiro atoms. The van der Waals surface area contributed by atoms with Crippen LogP contribution < -0.4 is 0 Å². The quantitative estimate of drug-likeness (QED) is 0.878. The van der Waals surface area contributed by atoms with E-state index in [0.29, 0.717) is 11.5 Å². The number of hydrogen-bond donors (Lipinski definition) is 1. The molecule has 2 aromatic rings. The molecule has 1 atom stereocenters. The number of carboxylic acid groups (broad SMARTS) is 1. The lowest BCUT2D eigenvalue weighted by atomic mass is 9.82. The number of fused-ring (bicyclic) bond motifs is 2. The van der Waals surface area contributed by atoms with Crippen molar-refractivity contribution in [1.29, 1.82) is 0 Å². The summed E-state index contributed by atoms with van der Waals surface area (Å²) in [5.74, 6) is -0.461. The molecular weight excluding hydrogens is 318 g/mol. The maximum atomic E-state index is 11.8. The average Bonchev–Trinajstić information content (AvgIpc) is 2.44. The number of aromatic carboxylic acids is 1. The van der Waals surface area contributed by atoms with E-state index in [1.165, 1.54) is 0 Å². The summed E-state index contributed by atoms with van der Waals surface area (Å²) in [5.41, 5.74) is 3.16. The largest absolute Gasteiger partial charge is 0.478 e. The van der Waals surface area contributed by atoms with Crippen molar-refractivity contribution in [2.75, 3.05) is 0 Å². The summed E-state index contributed by atoms with van der Waals surface area (Å²) in [4.78, 5) is 16.6. The van der Waals surface area contributed by atoms with Gasteiger partial charge in [0.05, 0.1) is 11.1 Å². The molecule has 0 bridgehead atoms. The molecule has 3 rings (SSSR count). The highest BCUT2D eigenvalue weighted by Gasteiger charge is 2.27. The molecule has 1 aliphatic rings. The van der Waals surface area contributed by atoms with E-state index >= 15 is 0 Å². The maximum absolute atomic E-state index is 11.8. The first-order valence-corrected chi connectivity index (χ1v) is 7.77. The molecule has 1 unspecified atom stereocenters. The normalized spacial score (nSPS) is 18.0. The van der Waals surface area contributed by atoms with Gasteiger partial charge >= 0.3 is 5.97 Å². The highest BCUT2D eigenvalue weighted by molar-refractivity contribution is 9.10. The lowest BCUT2D eigenvalue weighted by Crippen LogP contribution is -2.17. The first-order valence-electron chi connectivity index (χ1n) is 6.97. The van der Waals surface area contributed by atoms with Crippen LogP contribution in [0.4, 0.5) is 0 Å². The highest BCUT2D eigenvalue weighted by atomic mass is 79.9. The van der Waals surface area contributed by atoms with Gasteiger partial charge in [-0.15, -0.1) is 0 Å². The summed E-state index contributed by atoms with van der Waals surface area (Å²) in [7, 11) is 0. The van der Waals surface area contributed by atoms with Crippen LogP contribution in [0.15, 0.2) is 22.7 Å². The number of pyridine rings is 1. The zero-order valence-electron chi connectivity index (χ0n) is 11.3. The van der Waals surface area contributed by atoms with Gasteiger partial charge in [-0.25, -0.2) is 4.79 Å². The van der Waals surface area contributed by atoms with Gasteiger partial charge in [-0.1, -0.05) is 19.1 Å². The van der Waals surface area contributed by atoms with Crippen molar-refractivity contribution in [3.8, 4) is 0 Å². The number of para-hydroxylation sites is 1. The fourth-order valence-corrected chi connectivity index (χ4v) is 3.66. The Morgan fingerprint density at radius 3 is 3.00 bits per heavy atom. The number of hydrogen-bond acceptors (Lipinski definition) is 2. The van der Waals surface area contributed by atoms with Crippen LogP contribution in [-0.2, 0) is 6.42 Å². The van der Waals surface area contributed by atoms with Crippen molar-refractivity contribution in [2.45, 2.75) is 38.5 Å². The lowest BCUT2D eigenvalue weighted by Gasteiger charge is -2.25. The smallest absolute Gasteiger partial charge is 0.336 e. The fraction of sp³-hybridized carbons (Fsp3) is 0.375. The second-order valence-electron chi connectivity index (χ2n) is 5.29. The zero-order valence-corrected chi connectivity index (χ0v) is 12.9. The van der Waals surface area contributed by atoms with Crippen molar-refractivity contribution in [3.63, 3.8) is 0 Å². The third-order valence-corrected chi connectivity index (χ3v) is 4.81. The molecule has 0 radical (unpaired) electrons. The predicted octanol–water partition coefficient (Wildman–Crippen LogP) is 4.53. The minimum Gasteiger partial charge on any atom is -0.478 e. The third-order valence-electron chi connectivity index (χ3n) is 4.17. The third kappa shape index (κ3) is 2.03. The van der Waals surface area contributed by atoms with Crippen LogP contribution in [0.1, 0.15) is 53.7 Å². The van der Waals surface area contributed by atoms with Gasteiger partial charge < -0.3 is 5.11 Å². The number of halogens is 1. The maximum Gasteiger partial charge on any atom is 0.336 e. The van der Waals surface area contributed by atoms with E-state index in [4.69, 9.17) is 4.98 Å². The molecule has 1 aliphatic carbocycles. The van der Waals surface area contributed by atoms with Crippen LogP contribution in [0.25, 0.3) is 10.9 Å². The van der Waals surface area contributed by atoms with E-state index in [2.05, 4.69) is 22.9 Å². The van der Waals surface area contributed by atoms with E-state index in [1.807, 2.05) is 18.2 Å². The van der Waals surface area contributed by atoms with Gasteiger partial charge in [0.15, 0.2) is 0 Å². The average molecular weight is 334 g/mol. The van der Waals surface area contributed by atoms with Crippen LogP contribution in [0.5, 0.6) is 0 Å². The van der Waals surface area contributed by atoms with Crippen LogP contribution in [0.2, 0.25) is 0 Å². The summed E-state index contributed by atoms with van der Waals surface area (Å²) in [5, 5.41) is 10.4. The second-order valence-corrected chi connectivity index (χ2v) is 6.14. The zero-order chi connectivity index (χ0) is 14.3. The van der Waals surface area contributed by atoms with Crippen molar-refractivity contribution in [1.82, 2.24) is 4.98 Å². The molecule has 0 fully saturated rings. The molecule has 0 saturated carbocycles. The molecule has 4 heteroatoms. The van der Waals surface area contributed by atoms with Gasteiger partial charge in [0.1, 0.15) is 0 Å². The molecule has 1 aromatic carbocycles. The molecule has 0 saturated heterocycles. The number of carbonyl (C=O) groups is 1. The van der Waals surface area contributed by atoms with E-state index in [1.54, 1.807) is 0 Å². The highest BCUT2D eigenvalue weighted by Crippen LogP contribution is 2.38. The van der Waals surface area contributed by atoms with Crippen molar-refractivity contribution >= 4 is 32.8 Å². The number of nitrogens with zero attached hydrogens (tertiary/aromatic N) is 1. The first-order chi connectivity index (χ1) is 9.63. The summed E-state index contributed by atoms with van der Waals surface area (Å²) < 4.78 is 0.862. The fourth-order valence-electron chi connectivity index (χ4n) is 3.20. The van der Waals surface area contributed by atoms with E-state index in [-0.39, 0.29) is 0 Å². The Kier molecular flexibility index (Phi) is 3.50. The molecule has 1 heterocycles. The molecular formula is C16H16BrNO2. The van der Waals surface area contributed by atoms with Gasteiger partial charge in [0.25, 0.3) is 0 Å². The molecule has 0 amide bonds. The molecule has 104 valence electrons. The molecule has 1 N–H and O–H groups in total. The molecule has 3 nitrogen and oxygen atoms in total. The van der Waals surface area contributed by atoms with Crippen molar-refractivity contribution < 1.29 is 9.90 Å². The van der Waals surface area contributed by atoms with Gasteiger partial charge in [0, 0.05) is 21.5 Å². The Labute approximate surface area is 126 Å². The number of carboxylic acids is 1. The SMILES string of the molecule is CCC1CCCc2c1nc1c(Br)cccc1c2C(=O)O. The van der Waals surface area contributed by atoms with Gasteiger partial charge in [-0.05, 0) is 53.2 Å². The Balaban J connectivity index is 2.41. The Bertz CT molecular complexity index is 696. The summed E-state index contributed by atoms with van der Waals surface area (Å²) in [6.07, 6.45) is 3.98. The minimum atomic E-state index is -0.844. The van der Waals surface area contributed by atoms with Crippen LogP contribution >= 0.6 is 15.9 Å². The topological polar surface area (TPSA) is 50.2 Å². The number of aromatic nitrogens is 1. The second kappa shape index (κ2) is 5.17. The van der Waals surface area contributed by atoms with Crippen molar-refractivity contribution in [2.24, 2.45) is 0 Å². The number of rotatable bonds is 2. The standard InChI is InChI=1S/C16H16BrNO2/c1-2-9-5-3-6-10-13(16(19)20)11-7-4-8-12(17)15(11)18-14(9)10/h4,7-9H,2-3,5-6H2,1H3,(H,19,20). The Hall–Kier alpha value is -1.42. The van der Waals surface area contributed by atoms with E-state index < -0.39 is 5.97 Å². The predicted molar refractivity (Wildman–Crippen MR) is 82.4 cm³/mol. The van der Waals surface area contributed by atoms with E-state index in [9.17, 15) is 9.90 Å². The van der Waals surface area contributed by atoms with Crippen LogP contribution in [-0.4, -0.2) is 16.1 Å². The van der Waals surface area contributed by atoms with Crippen LogP contribution in [0.3, 0.4) is 0 Å². The molecule has 1 aromatic heterocycles. The molecule has 0 aliphatic heterocycles. The molecule has 20 heavy (non-hydrogen) atoms. The van der Waals surface area contributed by atoms with Crippen LogP contribution in [0, 0.1) is 0 Å². The summed E-state index contributed by atoms with van der Waals surface area (Å²) in [6, 6.07) is 5.64. The van der Waals surface area contributed by atoms with Gasteiger partial charge in [0.2, 0.25) is 0 Å². The van der Waals surface area contributed by atoms with Gasteiger partial charge in [-0.3, -0.25) is 4.98 Å². The van der Waals surface area contributed by atoms with Gasteiger partial charge in [-0.2, -0.15) is 0 Å². The summed E-state index contributed by atoms with van der Waals surface area (Å²) in [6.45, 7) is 2.14. The number of benzene rings is 1.